The Balaban J connectivity index is 1.42. The predicted molar refractivity (Wildman–Crippen MR) is 129 cm³/mol. The highest BCUT2D eigenvalue weighted by atomic mass is 32.2. The standard InChI is InChI=1S/C22H30N6O6S/c29-14-3-15-35(32,33)27-34-20(30)9-12-23-21(31)17-5-7-19(8-6-17)28-13-1-4-18(16-28)26-22-24-10-2-11-25-22/h2,5-8,10-11,18,27,29H,1,3-4,9,12-16H2,(H,23,31)(H,24,25,26)/t18-/m0/s1. The minimum atomic E-state index is -3.81. The van der Waals surface area contributed by atoms with E-state index in [-0.39, 0.29) is 43.7 Å². The molecule has 0 radical (unpaired) electrons. The van der Waals surface area contributed by atoms with Crippen molar-refractivity contribution >= 4 is 33.5 Å². The third-order valence-corrected chi connectivity index (χ3v) is 6.45. The van der Waals surface area contributed by atoms with E-state index in [1.54, 1.807) is 35.5 Å². The number of anilines is 2. The number of benzene rings is 1. The first-order chi connectivity index (χ1) is 16.9. The number of amides is 1. The van der Waals surface area contributed by atoms with Crippen LogP contribution >= 0.6 is 0 Å². The lowest BCUT2D eigenvalue weighted by molar-refractivity contribution is -0.146. The molecule has 1 amide bonds. The van der Waals surface area contributed by atoms with E-state index in [4.69, 9.17) is 5.11 Å². The van der Waals surface area contributed by atoms with Crippen LogP contribution in [0.25, 0.3) is 0 Å². The van der Waals surface area contributed by atoms with Gasteiger partial charge in [0.25, 0.3) is 5.91 Å². The zero-order valence-electron chi connectivity index (χ0n) is 19.2. The first kappa shape index (κ1) is 26.3. The predicted octanol–water partition coefficient (Wildman–Crippen LogP) is 0.437. The second kappa shape index (κ2) is 13.0. The Morgan fingerprint density at radius 3 is 2.63 bits per heavy atom. The number of carbonyl (C=O) groups excluding carboxylic acids is 2. The summed E-state index contributed by atoms with van der Waals surface area (Å²) in [4.78, 5) is 40.9. The van der Waals surface area contributed by atoms with Crippen LogP contribution in [-0.4, -0.2) is 73.4 Å². The summed E-state index contributed by atoms with van der Waals surface area (Å²) >= 11 is 0. The molecule has 12 nitrogen and oxygen atoms in total. The van der Waals surface area contributed by atoms with Crippen molar-refractivity contribution in [3.63, 3.8) is 0 Å². The molecule has 3 rings (SSSR count). The quantitative estimate of drug-likeness (QED) is 0.297. The number of aliphatic hydroxyl groups is 1. The Kier molecular flexibility index (Phi) is 9.76. The van der Waals surface area contributed by atoms with Crippen molar-refractivity contribution in [3.8, 4) is 0 Å². The topological polar surface area (TPSA) is 163 Å². The van der Waals surface area contributed by atoms with Gasteiger partial charge in [0.1, 0.15) is 0 Å². The van der Waals surface area contributed by atoms with Crippen molar-refractivity contribution < 1.29 is 28.0 Å². The van der Waals surface area contributed by atoms with Crippen molar-refractivity contribution in [2.24, 2.45) is 0 Å². The summed E-state index contributed by atoms with van der Waals surface area (Å²) in [5, 5.41) is 14.6. The molecule has 1 aromatic heterocycles. The van der Waals surface area contributed by atoms with Crippen molar-refractivity contribution in [3.05, 3.63) is 48.3 Å². The molecule has 13 heteroatoms. The molecule has 0 saturated carbocycles. The van der Waals surface area contributed by atoms with Gasteiger partial charge in [0.2, 0.25) is 16.0 Å². The highest BCUT2D eigenvalue weighted by Crippen LogP contribution is 2.22. The maximum Gasteiger partial charge on any atom is 0.327 e. The molecule has 1 saturated heterocycles. The third-order valence-electron chi connectivity index (χ3n) is 5.28. The molecule has 2 aromatic rings. The molecule has 0 unspecified atom stereocenters. The molecular weight excluding hydrogens is 476 g/mol. The van der Waals surface area contributed by atoms with Crippen LogP contribution < -0.4 is 20.4 Å². The zero-order chi connectivity index (χ0) is 25.1. The summed E-state index contributed by atoms with van der Waals surface area (Å²) in [5.74, 6) is -0.941. The molecule has 1 aromatic carbocycles. The largest absolute Gasteiger partial charge is 0.396 e. The molecule has 190 valence electrons. The molecule has 4 N–H and O–H groups in total. The average Bonchev–Trinajstić information content (AvgIpc) is 2.87. The van der Waals surface area contributed by atoms with Gasteiger partial charge in [-0.05, 0) is 54.5 Å². The molecule has 1 aliphatic rings. The molecule has 0 aliphatic carbocycles. The van der Waals surface area contributed by atoms with E-state index < -0.39 is 16.0 Å². The molecule has 0 bridgehead atoms. The Bertz CT molecular complexity index is 1070. The second-order valence-electron chi connectivity index (χ2n) is 8.01. The third kappa shape index (κ3) is 8.77. The fraction of sp³-hybridized carbons (Fsp3) is 0.455. The van der Waals surface area contributed by atoms with Gasteiger partial charge in [0.15, 0.2) is 0 Å². The SMILES string of the molecule is O=C(CCNC(=O)c1ccc(N2CCC[C@H](Nc3ncccn3)C2)cc1)ONS(=O)(=O)CCCO. The van der Waals surface area contributed by atoms with E-state index in [1.807, 2.05) is 12.1 Å². The minimum Gasteiger partial charge on any atom is -0.396 e. The normalized spacial score (nSPS) is 15.9. The summed E-state index contributed by atoms with van der Waals surface area (Å²) in [5.41, 5.74) is 1.44. The molecule has 2 heterocycles. The van der Waals surface area contributed by atoms with Crippen LogP contribution in [0.3, 0.4) is 0 Å². The minimum absolute atomic E-state index is 0.0151. The van der Waals surface area contributed by atoms with Crippen molar-refractivity contribution in [1.29, 1.82) is 0 Å². The first-order valence-corrected chi connectivity index (χ1v) is 13.0. The zero-order valence-corrected chi connectivity index (χ0v) is 20.0. The number of piperidine rings is 1. The van der Waals surface area contributed by atoms with Gasteiger partial charge in [-0.3, -0.25) is 9.59 Å². The van der Waals surface area contributed by atoms with Gasteiger partial charge in [0.05, 0.1) is 12.2 Å². The number of aromatic nitrogens is 2. The lowest BCUT2D eigenvalue weighted by Crippen LogP contribution is -2.42. The van der Waals surface area contributed by atoms with Crippen LogP contribution in [0, 0.1) is 0 Å². The first-order valence-electron chi connectivity index (χ1n) is 11.3. The Morgan fingerprint density at radius 2 is 1.91 bits per heavy atom. The fourth-order valence-corrected chi connectivity index (χ4v) is 4.36. The van der Waals surface area contributed by atoms with Crippen molar-refractivity contribution in [2.45, 2.75) is 31.7 Å². The number of hydrogen-bond donors (Lipinski definition) is 4. The maximum atomic E-state index is 12.4. The lowest BCUT2D eigenvalue weighted by atomic mass is 10.0. The van der Waals surface area contributed by atoms with Crippen LogP contribution in [0.4, 0.5) is 11.6 Å². The summed E-state index contributed by atoms with van der Waals surface area (Å²) in [6, 6.07) is 9.18. The Labute approximate surface area is 204 Å². The Morgan fingerprint density at radius 1 is 1.17 bits per heavy atom. The maximum absolute atomic E-state index is 12.4. The highest BCUT2D eigenvalue weighted by molar-refractivity contribution is 7.89. The van der Waals surface area contributed by atoms with Gasteiger partial charge in [-0.2, -0.15) is 0 Å². The van der Waals surface area contributed by atoms with E-state index in [1.165, 1.54) is 0 Å². The van der Waals surface area contributed by atoms with Gasteiger partial charge < -0.3 is 25.5 Å². The van der Waals surface area contributed by atoms with E-state index in [2.05, 4.69) is 30.3 Å². The molecule has 1 atom stereocenters. The number of rotatable bonds is 12. The van der Waals surface area contributed by atoms with Gasteiger partial charge in [-0.15, -0.1) is 0 Å². The van der Waals surface area contributed by atoms with E-state index in [0.717, 1.165) is 31.6 Å². The summed E-state index contributed by atoms with van der Waals surface area (Å²) in [6.45, 7) is 1.39. The van der Waals surface area contributed by atoms with Crippen LogP contribution in [0.1, 0.15) is 36.0 Å². The summed E-state index contributed by atoms with van der Waals surface area (Å²) < 4.78 is 23.0. The van der Waals surface area contributed by atoms with Crippen LogP contribution in [0.2, 0.25) is 0 Å². The van der Waals surface area contributed by atoms with Crippen LogP contribution in [0.5, 0.6) is 0 Å². The number of hydrogen-bond acceptors (Lipinski definition) is 10. The summed E-state index contributed by atoms with van der Waals surface area (Å²) in [6.07, 6.45) is 5.25. The van der Waals surface area contributed by atoms with Crippen LogP contribution in [-0.2, 0) is 19.7 Å². The number of carbonyl (C=O) groups is 2. The Hall–Kier alpha value is -3.29. The second-order valence-corrected chi connectivity index (χ2v) is 9.81. The molecule has 1 fully saturated rings. The average molecular weight is 507 g/mol. The molecule has 0 spiro atoms. The van der Waals surface area contributed by atoms with E-state index in [0.29, 0.717) is 11.5 Å². The fourth-order valence-electron chi connectivity index (χ4n) is 3.55. The smallest absolute Gasteiger partial charge is 0.327 e. The lowest BCUT2D eigenvalue weighted by Gasteiger charge is -2.34. The number of nitrogens with zero attached hydrogens (tertiary/aromatic N) is 3. The molecule has 35 heavy (non-hydrogen) atoms. The summed E-state index contributed by atoms with van der Waals surface area (Å²) in [7, 11) is -3.81. The van der Waals surface area contributed by atoms with Gasteiger partial charge >= 0.3 is 5.97 Å². The van der Waals surface area contributed by atoms with E-state index in [9.17, 15) is 18.0 Å². The molecular formula is C22H30N6O6S. The van der Waals surface area contributed by atoms with Crippen molar-refractivity contribution in [1.82, 2.24) is 20.2 Å². The van der Waals surface area contributed by atoms with Crippen molar-refractivity contribution in [2.75, 3.05) is 42.2 Å². The van der Waals surface area contributed by atoms with Gasteiger partial charge in [-0.25, -0.2) is 18.4 Å². The van der Waals surface area contributed by atoms with Crippen LogP contribution in [0.15, 0.2) is 42.7 Å². The van der Waals surface area contributed by atoms with Gasteiger partial charge in [0, 0.05) is 55.9 Å². The number of aliphatic hydroxyl groups excluding tert-OH is 1. The number of sulfonamides is 1. The molecule has 1 aliphatic heterocycles. The monoisotopic (exact) mass is 506 g/mol. The van der Waals surface area contributed by atoms with Gasteiger partial charge in [-0.1, -0.05) is 0 Å². The van der Waals surface area contributed by atoms with E-state index >= 15 is 0 Å². The number of nitrogens with one attached hydrogen (secondary N) is 3. The highest BCUT2D eigenvalue weighted by Gasteiger charge is 2.21.